The van der Waals surface area contributed by atoms with E-state index in [1.165, 1.54) is 11.9 Å². The van der Waals surface area contributed by atoms with Crippen molar-refractivity contribution in [1.82, 2.24) is 19.8 Å². The normalized spacial score (nSPS) is 20.2. The van der Waals surface area contributed by atoms with Crippen LogP contribution in [0.1, 0.15) is 5.56 Å². The number of urea groups is 1. The molecule has 0 bridgehead atoms. The van der Waals surface area contributed by atoms with Gasteiger partial charge < -0.3 is 9.64 Å². The number of nitrogens with zero attached hydrogens (tertiary/aromatic N) is 4. The van der Waals surface area contributed by atoms with Crippen LogP contribution in [0.3, 0.4) is 0 Å². The fourth-order valence-electron chi connectivity index (χ4n) is 4.54. The molecule has 7 nitrogen and oxygen atoms in total. The van der Waals surface area contributed by atoms with Gasteiger partial charge in [-0.3, -0.25) is 10.2 Å². The van der Waals surface area contributed by atoms with E-state index in [0.717, 1.165) is 44.2 Å². The lowest BCUT2D eigenvalue weighted by Crippen LogP contribution is -2.36. The van der Waals surface area contributed by atoms with Gasteiger partial charge in [-0.1, -0.05) is 23.7 Å². The highest BCUT2D eigenvalue weighted by molar-refractivity contribution is 6.30. The van der Waals surface area contributed by atoms with E-state index in [-0.39, 0.29) is 6.03 Å². The predicted molar refractivity (Wildman–Crippen MR) is 123 cm³/mol. The summed E-state index contributed by atoms with van der Waals surface area (Å²) < 4.78 is 5.97. The van der Waals surface area contributed by atoms with Crippen LogP contribution in [-0.4, -0.2) is 52.0 Å². The van der Waals surface area contributed by atoms with Crippen molar-refractivity contribution in [2.75, 3.05) is 31.5 Å². The van der Waals surface area contributed by atoms with E-state index in [1.807, 2.05) is 41.3 Å². The standard InChI is InChI=1S/C24H24ClN5O2/c25-20-4-6-21(7-5-20)32-22-3-1-2-17(10-22)11-29-12-18-14-30(15-19(18)13-29)24(31)28-23-8-9-26-16-27-23/h1-10,16,18-19H,11-15H2,(H,26,27,28,31). The van der Waals surface area contributed by atoms with Gasteiger partial charge in [0.05, 0.1) is 0 Å². The number of rotatable bonds is 5. The Morgan fingerprint density at radius 2 is 1.81 bits per heavy atom. The van der Waals surface area contributed by atoms with Crippen LogP contribution in [0.15, 0.2) is 67.1 Å². The second-order valence-corrected chi connectivity index (χ2v) is 8.78. The maximum atomic E-state index is 12.5. The van der Waals surface area contributed by atoms with Crippen molar-refractivity contribution in [1.29, 1.82) is 0 Å². The van der Waals surface area contributed by atoms with Crippen LogP contribution in [-0.2, 0) is 6.54 Å². The summed E-state index contributed by atoms with van der Waals surface area (Å²) in [6, 6.07) is 17.2. The number of anilines is 1. The number of amides is 2. The van der Waals surface area contributed by atoms with Gasteiger partial charge >= 0.3 is 6.03 Å². The molecular weight excluding hydrogens is 426 g/mol. The first-order valence-electron chi connectivity index (χ1n) is 10.7. The highest BCUT2D eigenvalue weighted by Gasteiger charge is 2.41. The number of ether oxygens (including phenoxy) is 1. The Hall–Kier alpha value is -3.16. The van der Waals surface area contributed by atoms with E-state index in [9.17, 15) is 4.79 Å². The number of hydrogen-bond acceptors (Lipinski definition) is 5. The molecule has 2 aromatic carbocycles. The number of benzene rings is 2. The molecule has 0 aliphatic carbocycles. The van der Waals surface area contributed by atoms with E-state index < -0.39 is 0 Å². The third-order valence-corrected chi connectivity index (χ3v) is 6.27. The van der Waals surface area contributed by atoms with Gasteiger partial charge in [-0.2, -0.15) is 0 Å². The Bertz CT molecular complexity index is 1070. The minimum absolute atomic E-state index is 0.0864. The summed E-state index contributed by atoms with van der Waals surface area (Å²) in [6.07, 6.45) is 3.05. The smallest absolute Gasteiger partial charge is 0.323 e. The van der Waals surface area contributed by atoms with E-state index in [0.29, 0.717) is 22.7 Å². The van der Waals surface area contributed by atoms with Crippen molar-refractivity contribution in [3.63, 3.8) is 0 Å². The van der Waals surface area contributed by atoms with Crippen molar-refractivity contribution in [3.05, 3.63) is 77.7 Å². The molecule has 2 aliphatic rings. The van der Waals surface area contributed by atoms with Gasteiger partial charge in [-0.15, -0.1) is 0 Å². The van der Waals surface area contributed by atoms with Crippen molar-refractivity contribution in [2.45, 2.75) is 6.54 Å². The van der Waals surface area contributed by atoms with Gasteiger partial charge in [0.1, 0.15) is 23.6 Å². The quantitative estimate of drug-likeness (QED) is 0.620. The van der Waals surface area contributed by atoms with Crippen molar-refractivity contribution >= 4 is 23.4 Å². The van der Waals surface area contributed by atoms with Gasteiger partial charge in [0.15, 0.2) is 0 Å². The van der Waals surface area contributed by atoms with Crippen molar-refractivity contribution in [3.8, 4) is 11.5 Å². The summed E-state index contributed by atoms with van der Waals surface area (Å²) in [5.41, 5.74) is 1.22. The van der Waals surface area contributed by atoms with Gasteiger partial charge in [0.25, 0.3) is 0 Å². The summed E-state index contributed by atoms with van der Waals surface area (Å²) in [4.78, 5) is 24.8. The fraction of sp³-hybridized carbons (Fsp3) is 0.292. The first-order chi connectivity index (χ1) is 15.6. The number of carbonyl (C=O) groups is 1. The summed E-state index contributed by atoms with van der Waals surface area (Å²) in [7, 11) is 0. The maximum Gasteiger partial charge on any atom is 0.323 e. The molecule has 2 amide bonds. The number of aromatic nitrogens is 2. The number of halogens is 1. The molecule has 164 valence electrons. The minimum Gasteiger partial charge on any atom is -0.457 e. The second kappa shape index (κ2) is 9.14. The fourth-order valence-corrected chi connectivity index (χ4v) is 4.67. The number of nitrogens with one attached hydrogen (secondary N) is 1. The zero-order valence-electron chi connectivity index (χ0n) is 17.5. The lowest BCUT2D eigenvalue weighted by molar-refractivity contribution is 0.211. The summed E-state index contributed by atoms with van der Waals surface area (Å²) in [5, 5.41) is 3.54. The molecule has 2 unspecified atom stereocenters. The van der Waals surface area contributed by atoms with E-state index in [1.54, 1.807) is 12.3 Å². The SMILES string of the molecule is O=C(Nc1ccncn1)N1CC2CN(Cc3cccc(Oc4ccc(Cl)cc4)c3)CC2C1. The average molecular weight is 450 g/mol. The Balaban J connectivity index is 1.14. The topological polar surface area (TPSA) is 70.6 Å². The van der Waals surface area contributed by atoms with Gasteiger partial charge in [-0.25, -0.2) is 14.8 Å². The van der Waals surface area contributed by atoms with Crippen LogP contribution < -0.4 is 10.1 Å². The predicted octanol–water partition coefficient (Wildman–Crippen LogP) is 4.52. The largest absolute Gasteiger partial charge is 0.457 e. The molecule has 3 heterocycles. The molecule has 32 heavy (non-hydrogen) atoms. The number of carbonyl (C=O) groups excluding carboxylic acids is 1. The third-order valence-electron chi connectivity index (χ3n) is 6.02. The molecule has 2 aliphatic heterocycles. The molecule has 3 aromatic rings. The Morgan fingerprint density at radius 1 is 1.03 bits per heavy atom. The highest BCUT2D eigenvalue weighted by Crippen LogP contribution is 2.33. The van der Waals surface area contributed by atoms with Crippen LogP contribution in [0.4, 0.5) is 10.6 Å². The molecular formula is C24H24ClN5O2. The number of hydrogen-bond donors (Lipinski definition) is 1. The van der Waals surface area contributed by atoms with E-state index in [2.05, 4.69) is 32.3 Å². The lowest BCUT2D eigenvalue weighted by Gasteiger charge is -2.22. The minimum atomic E-state index is -0.0864. The summed E-state index contributed by atoms with van der Waals surface area (Å²) in [5.74, 6) is 3.11. The molecule has 0 radical (unpaired) electrons. The van der Waals surface area contributed by atoms with Crippen LogP contribution in [0.2, 0.25) is 5.02 Å². The molecule has 1 N–H and O–H groups in total. The third kappa shape index (κ3) is 4.84. The first-order valence-corrected chi connectivity index (χ1v) is 11.1. The average Bonchev–Trinajstić information content (AvgIpc) is 3.35. The second-order valence-electron chi connectivity index (χ2n) is 8.35. The number of fused-ring (bicyclic) bond motifs is 1. The molecule has 2 fully saturated rings. The maximum absolute atomic E-state index is 12.5. The van der Waals surface area contributed by atoms with Crippen LogP contribution in [0.25, 0.3) is 0 Å². The molecule has 0 saturated carbocycles. The van der Waals surface area contributed by atoms with Crippen LogP contribution >= 0.6 is 11.6 Å². The summed E-state index contributed by atoms with van der Waals surface area (Å²) in [6.45, 7) is 4.40. The van der Waals surface area contributed by atoms with Crippen molar-refractivity contribution in [2.24, 2.45) is 11.8 Å². The van der Waals surface area contributed by atoms with Crippen LogP contribution in [0, 0.1) is 11.8 Å². The molecule has 1 aromatic heterocycles. The molecule has 2 saturated heterocycles. The monoisotopic (exact) mass is 449 g/mol. The zero-order valence-corrected chi connectivity index (χ0v) is 18.3. The molecule has 0 spiro atoms. The van der Waals surface area contributed by atoms with Gasteiger partial charge in [0, 0.05) is 43.9 Å². The lowest BCUT2D eigenvalue weighted by atomic mass is 10.0. The van der Waals surface area contributed by atoms with Crippen LogP contribution in [0.5, 0.6) is 11.5 Å². The Labute approximate surface area is 192 Å². The van der Waals surface area contributed by atoms with Gasteiger partial charge in [-0.05, 0) is 59.9 Å². The molecule has 2 atom stereocenters. The van der Waals surface area contributed by atoms with E-state index >= 15 is 0 Å². The molecule has 5 rings (SSSR count). The Morgan fingerprint density at radius 3 is 2.53 bits per heavy atom. The zero-order chi connectivity index (χ0) is 21.9. The van der Waals surface area contributed by atoms with Crippen molar-refractivity contribution < 1.29 is 9.53 Å². The van der Waals surface area contributed by atoms with Gasteiger partial charge in [0.2, 0.25) is 0 Å². The van der Waals surface area contributed by atoms with E-state index in [4.69, 9.17) is 16.3 Å². The number of likely N-dealkylation sites (tertiary alicyclic amines) is 2. The Kier molecular flexibility index (Phi) is 5.92. The first kappa shape index (κ1) is 20.7. The molecule has 8 heteroatoms. The summed E-state index contributed by atoms with van der Waals surface area (Å²) >= 11 is 5.95. The highest BCUT2D eigenvalue weighted by atomic mass is 35.5.